The van der Waals surface area contributed by atoms with Gasteiger partial charge in [0.1, 0.15) is 5.69 Å². The lowest BCUT2D eigenvalue weighted by Gasteiger charge is -2.23. The molecule has 0 amide bonds. The molecule has 0 aliphatic carbocycles. The van der Waals surface area contributed by atoms with E-state index < -0.39 is 0 Å². The van der Waals surface area contributed by atoms with Crippen LogP contribution in [0.25, 0.3) is 0 Å². The van der Waals surface area contributed by atoms with Crippen molar-refractivity contribution >= 4 is 40.8 Å². The smallest absolute Gasteiger partial charge is 0.233 e. The van der Waals surface area contributed by atoms with Gasteiger partial charge in [-0.1, -0.05) is 36.7 Å². The van der Waals surface area contributed by atoms with Gasteiger partial charge in [-0.05, 0) is 66.4 Å². The molecule has 178 valence electrons. The minimum absolute atomic E-state index is 0.239. The normalized spacial score (nSPS) is 16.2. The van der Waals surface area contributed by atoms with Crippen molar-refractivity contribution in [3.8, 4) is 0 Å². The minimum atomic E-state index is 0.239. The number of aromatic nitrogens is 3. The predicted molar refractivity (Wildman–Crippen MR) is 138 cm³/mol. The number of nitrogens with one attached hydrogen (secondary N) is 3. The number of hydrogen-bond donors (Lipinski definition) is 3. The van der Waals surface area contributed by atoms with Crippen LogP contribution in [0, 0.1) is 11.8 Å². The predicted octanol–water partition coefficient (Wildman–Crippen LogP) is 4.99. The van der Waals surface area contributed by atoms with Crippen LogP contribution in [-0.2, 0) is 0 Å². The summed E-state index contributed by atoms with van der Waals surface area (Å²) < 4.78 is 0. The van der Waals surface area contributed by atoms with E-state index in [9.17, 15) is 4.91 Å². The van der Waals surface area contributed by atoms with E-state index in [0.29, 0.717) is 30.1 Å². The van der Waals surface area contributed by atoms with Crippen molar-refractivity contribution in [2.45, 2.75) is 32.2 Å². The van der Waals surface area contributed by atoms with E-state index in [0.717, 1.165) is 35.8 Å². The van der Waals surface area contributed by atoms with Crippen LogP contribution in [0.2, 0.25) is 5.02 Å². The highest BCUT2D eigenvalue weighted by molar-refractivity contribution is 6.30. The molecule has 1 aliphatic heterocycles. The zero-order valence-electron chi connectivity index (χ0n) is 19.5. The second kappa shape index (κ2) is 10.8. The Balaban J connectivity index is 1.59. The van der Waals surface area contributed by atoms with Crippen molar-refractivity contribution in [3.05, 3.63) is 63.5 Å². The second-order valence-corrected chi connectivity index (χ2v) is 9.10. The summed E-state index contributed by atoms with van der Waals surface area (Å²) in [4.78, 5) is 27.0. The van der Waals surface area contributed by atoms with Crippen LogP contribution in [0.4, 0.5) is 29.2 Å². The Labute approximate surface area is 204 Å². The van der Waals surface area contributed by atoms with Gasteiger partial charge in [-0.2, -0.15) is 15.0 Å². The van der Waals surface area contributed by atoms with Gasteiger partial charge in [-0.15, -0.1) is 4.91 Å². The Kier molecular flexibility index (Phi) is 7.54. The summed E-state index contributed by atoms with van der Waals surface area (Å²) in [6, 6.07) is 13.3. The van der Waals surface area contributed by atoms with E-state index >= 15 is 0 Å². The molecule has 3 N–H and O–H groups in total. The number of likely N-dealkylation sites (N-methyl/N-ethyl adjacent to an activating group) is 1. The quantitative estimate of drug-likeness (QED) is 0.368. The monoisotopic (exact) mass is 480 g/mol. The highest BCUT2D eigenvalue weighted by Gasteiger charge is 2.19. The zero-order chi connectivity index (χ0) is 24.1. The minimum Gasteiger partial charge on any atom is -0.350 e. The maximum absolute atomic E-state index is 11.0. The molecule has 2 aromatic carbocycles. The summed E-state index contributed by atoms with van der Waals surface area (Å²) in [5, 5.41) is 13.8. The number of aryl methyl sites for hydroxylation is 1. The standard InChI is InChI=1S/C24H29ClN8O/c1-15-4-9-19(32-34)12-21(15)28-23-29-22(27-20-10-11-26-13-20)30-24(31-23)33(3)14-16(2)17-5-7-18(25)8-6-17/h4-9,12,16,20,26H,10-11,13-14H2,1-3H3,(H2,27,28,29,30,31)/t16?,20-/m1/s1. The van der Waals surface area contributed by atoms with Crippen LogP contribution in [-0.4, -0.2) is 47.7 Å². The summed E-state index contributed by atoms with van der Waals surface area (Å²) in [5.41, 5.74) is 3.20. The number of benzene rings is 2. The van der Waals surface area contributed by atoms with Crippen molar-refractivity contribution in [1.82, 2.24) is 20.3 Å². The van der Waals surface area contributed by atoms with E-state index in [-0.39, 0.29) is 12.0 Å². The first kappa shape index (κ1) is 23.8. The zero-order valence-corrected chi connectivity index (χ0v) is 20.3. The van der Waals surface area contributed by atoms with E-state index in [4.69, 9.17) is 16.6 Å². The number of rotatable bonds is 9. The Hall–Kier alpha value is -3.30. The topological polar surface area (TPSA) is 107 Å². The first-order valence-corrected chi connectivity index (χ1v) is 11.7. The van der Waals surface area contributed by atoms with Gasteiger partial charge in [0.25, 0.3) is 0 Å². The van der Waals surface area contributed by atoms with Gasteiger partial charge < -0.3 is 20.9 Å². The highest BCUT2D eigenvalue weighted by atomic mass is 35.5. The molecular formula is C24H29ClN8O. The van der Waals surface area contributed by atoms with Crippen LogP contribution in [0.5, 0.6) is 0 Å². The SMILES string of the molecule is Cc1ccc(N=O)cc1Nc1nc(N[C@@H]2CCNC2)nc(N(C)CC(C)c2ccc(Cl)cc2)n1. The fourth-order valence-electron chi connectivity index (χ4n) is 3.93. The van der Waals surface area contributed by atoms with Crippen molar-refractivity contribution in [2.24, 2.45) is 5.18 Å². The van der Waals surface area contributed by atoms with Crippen molar-refractivity contribution < 1.29 is 0 Å². The van der Waals surface area contributed by atoms with Gasteiger partial charge in [0.05, 0.1) is 0 Å². The van der Waals surface area contributed by atoms with Gasteiger partial charge in [0.2, 0.25) is 17.8 Å². The van der Waals surface area contributed by atoms with Gasteiger partial charge in [-0.3, -0.25) is 0 Å². The van der Waals surface area contributed by atoms with Gasteiger partial charge in [0, 0.05) is 36.9 Å². The molecule has 4 rings (SSSR count). The van der Waals surface area contributed by atoms with E-state index in [1.807, 2.05) is 49.2 Å². The molecule has 34 heavy (non-hydrogen) atoms. The van der Waals surface area contributed by atoms with Crippen LogP contribution in [0.1, 0.15) is 30.4 Å². The van der Waals surface area contributed by atoms with E-state index in [1.165, 1.54) is 5.56 Å². The molecule has 1 fully saturated rings. The lowest BCUT2D eigenvalue weighted by Crippen LogP contribution is -2.27. The number of nitroso groups, excluding NO2 is 1. The maximum atomic E-state index is 11.0. The maximum Gasteiger partial charge on any atom is 0.233 e. The lowest BCUT2D eigenvalue weighted by atomic mass is 10.0. The number of halogens is 1. The average Bonchev–Trinajstić information content (AvgIpc) is 3.33. The molecule has 2 heterocycles. The van der Waals surface area contributed by atoms with E-state index in [1.54, 1.807) is 12.1 Å². The Morgan fingerprint density at radius 2 is 1.94 bits per heavy atom. The van der Waals surface area contributed by atoms with Crippen molar-refractivity contribution in [2.75, 3.05) is 42.2 Å². The number of anilines is 4. The molecule has 2 atom stereocenters. The largest absolute Gasteiger partial charge is 0.350 e. The number of hydrogen-bond acceptors (Lipinski definition) is 9. The third-order valence-corrected chi connectivity index (χ3v) is 6.17. The Morgan fingerprint density at radius 3 is 2.65 bits per heavy atom. The molecule has 0 radical (unpaired) electrons. The van der Waals surface area contributed by atoms with Gasteiger partial charge in [0.15, 0.2) is 0 Å². The Morgan fingerprint density at radius 1 is 1.18 bits per heavy atom. The second-order valence-electron chi connectivity index (χ2n) is 8.67. The summed E-state index contributed by atoms with van der Waals surface area (Å²) in [6.07, 6.45) is 0.999. The molecule has 9 nitrogen and oxygen atoms in total. The average molecular weight is 481 g/mol. The molecule has 1 unspecified atom stereocenters. The lowest BCUT2D eigenvalue weighted by molar-refractivity contribution is 0.714. The fourth-order valence-corrected chi connectivity index (χ4v) is 4.05. The van der Waals surface area contributed by atoms with Crippen LogP contribution < -0.4 is 20.9 Å². The first-order chi connectivity index (χ1) is 16.4. The molecule has 0 bridgehead atoms. The summed E-state index contributed by atoms with van der Waals surface area (Å²) in [6.45, 7) is 6.63. The Bertz CT molecular complexity index is 1130. The summed E-state index contributed by atoms with van der Waals surface area (Å²) in [5.74, 6) is 1.70. The van der Waals surface area contributed by atoms with E-state index in [2.05, 4.69) is 38.0 Å². The first-order valence-electron chi connectivity index (χ1n) is 11.3. The molecular weight excluding hydrogens is 452 g/mol. The molecule has 1 aliphatic rings. The summed E-state index contributed by atoms with van der Waals surface area (Å²) >= 11 is 6.04. The molecule has 1 aromatic heterocycles. The number of nitrogens with zero attached hydrogens (tertiary/aromatic N) is 5. The molecule has 1 saturated heterocycles. The highest BCUT2D eigenvalue weighted by Crippen LogP contribution is 2.26. The molecule has 3 aromatic rings. The molecule has 0 spiro atoms. The van der Waals surface area contributed by atoms with Crippen LogP contribution >= 0.6 is 11.6 Å². The van der Waals surface area contributed by atoms with Crippen molar-refractivity contribution in [1.29, 1.82) is 0 Å². The van der Waals surface area contributed by atoms with Crippen LogP contribution in [0.15, 0.2) is 47.6 Å². The third kappa shape index (κ3) is 5.98. The van der Waals surface area contributed by atoms with Crippen LogP contribution in [0.3, 0.4) is 0 Å². The van der Waals surface area contributed by atoms with Gasteiger partial charge in [-0.25, -0.2) is 0 Å². The fraction of sp³-hybridized carbons (Fsp3) is 0.375. The molecule has 0 saturated carbocycles. The van der Waals surface area contributed by atoms with Crippen molar-refractivity contribution in [3.63, 3.8) is 0 Å². The van der Waals surface area contributed by atoms with Gasteiger partial charge >= 0.3 is 0 Å². The summed E-state index contributed by atoms with van der Waals surface area (Å²) in [7, 11) is 1.97. The molecule has 10 heteroatoms. The third-order valence-electron chi connectivity index (χ3n) is 5.92.